The summed E-state index contributed by atoms with van der Waals surface area (Å²) in [6, 6.07) is 0. The molecule has 0 aromatic heterocycles. The third-order valence-corrected chi connectivity index (χ3v) is 2.01. The summed E-state index contributed by atoms with van der Waals surface area (Å²) in [7, 11) is 0. The lowest BCUT2D eigenvalue weighted by atomic mass is 10.0. The van der Waals surface area contributed by atoms with Crippen LogP contribution in [0.15, 0.2) is 0 Å². The Morgan fingerprint density at radius 1 is 1.64 bits per heavy atom. The molecule has 1 fully saturated rings. The molecule has 0 saturated carbocycles. The number of alkyl halides is 1. The van der Waals surface area contributed by atoms with E-state index in [0.29, 0.717) is 19.0 Å². The maximum Gasteiger partial charge on any atom is 0.117 e. The molecule has 11 heavy (non-hydrogen) atoms. The molecule has 3 N–H and O–H groups in total. The SMILES string of the molecule is NCC1CN(CC(O)CF)C1. The fourth-order valence-electron chi connectivity index (χ4n) is 1.32. The van der Waals surface area contributed by atoms with Crippen LogP contribution in [0.5, 0.6) is 0 Å². The average molecular weight is 162 g/mol. The maximum absolute atomic E-state index is 11.8. The van der Waals surface area contributed by atoms with Gasteiger partial charge in [0, 0.05) is 19.6 Å². The van der Waals surface area contributed by atoms with Crippen molar-refractivity contribution in [2.75, 3.05) is 32.9 Å². The zero-order valence-corrected chi connectivity index (χ0v) is 6.54. The number of rotatable bonds is 4. The van der Waals surface area contributed by atoms with Gasteiger partial charge in [-0.3, -0.25) is 4.90 Å². The standard InChI is InChI=1S/C7H15FN2O/c8-1-7(11)5-10-3-6(2-9)4-10/h6-7,11H,1-5,9H2. The van der Waals surface area contributed by atoms with Gasteiger partial charge in [-0.25, -0.2) is 4.39 Å². The van der Waals surface area contributed by atoms with Crippen LogP contribution in [0.1, 0.15) is 0 Å². The Balaban J connectivity index is 2.04. The van der Waals surface area contributed by atoms with Crippen molar-refractivity contribution in [2.45, 2.75) is 6.10 Å². The minimum Gasteiger partial charge on any atom is -0.389 e. The Hall–Kier alpha value is -0.190. The van der Waals surface area contributed by atoms with Crippen molar-refractivity contribution < 1.29 is 9.50 Å². The molecule has 0 aromatic carbocycles. The summed E-state index contributed by atoms with van der Waals surface area (Å²) in [5.74, 6) is 0.557. The number of aliphatic hydroxyl groups excluding tert-OH is 1. The maximum atomic E-state index is 11.8. The first-order valence-corrected chi connectivity index (χ1v) is 3.92. The predicted molar refractivity (Wildman–Crippen MR) is 41.0 cm³/mol. The van der Waals surface area contributed by atoms with Crippen molar-refractivity contribution in [3.05, 3.63) is 0 Å². The Bertz CT molecular complexity index is 117. The molecule has 1 unspecified atom stereocenters. The highest BCUT2D eigenvalue weighted by atomic mass is 19.1. The average Bonchev–Trinajstić information content (AvgIpc) is 1.95. The zero-order valence-electron chi connectivity index (χ0n) is 6.54. The molecule has 0 radical (unpaired) electrons. The van der Waals surface area contributed by atoms with Crippen molar-refractivity contribution >= 4 is 0 Å². The summed E-state index contributed by atoms with van der Waals surface area (Å²) >= 11 is 0. The molecule has 0 amide bonds. The van der Waals surface area contributed by atoms with Crippen molar-refractivity contribution in [1.29, 1.82) is 0 Å². The van der Waals surface area contributed by atoms with Crippen LogP contribution in [0.25, 0.3) is 0 Å². The van der Waals surface area contributed by atoms with E-state index in [-0.39, 0.29) is 0 Å². The van der Waals surface area contributed by atoms with Crippen molar-refractivity contribution in [3.63, 3.8) is 0 Å². The molecule has 1 rings (SSSR count). The molecule has 1 saturated heterocycles. The van der Waals surface area contributed by atoms with E-state index < -0.39 is 12.8 Å². The highest BCUT2D eigenvalue weighted by molar-refractivity contribution is 4.81. The number of likely N-dealkylation sites (tertiary alicyclic amines) is 1. The first kappa shape index (κ1) is 8.90. The first-order valence-electron chi connectivity index (χ1n) is 3.92. The zero-order chi connectivity index (χ0) is 8.27. The van der Waals surface area contributed by atoms with Gasteiger partial charge in [0.1, 0.15) is 6.67 Å². The Morgan fingerprint density at radius 2 is 2.27 bits per heavy atom. The molecule has 3 nitrogen and oxygen atoms in total. The number of aliphatic hydroxyl groups is 1. The molecule has 1 heterocycles. The minimum atomic E-state index is -0.811. The monoisotopic (exact) mass is 162 g/mol. The van der Waals surface area contributed by atoms with E-state index in [2.05, 4.69) is 0 Å². The highest BCUT2D eigenvalue weighted by Gasteiger charge is 2.26. The lowest BCUT2D eigenvalue weighted by Gasteiger charge is -2.39. The number of nitrogens with two attached hydrogens (primary N) is 1. The van der Waals surface area contributed by atoms with E-state index in [0.717, 1.165) is 13.1 Å². The largest absolute Gasteiger partial charge is 0.389 e. The van der Waals surface area contributed by atoms with Crippen molar-refractivity contribution in [2.24, 2.45) is 11.7 Å². The van der Waals surface area contributed by atoms with Crippen LogP contribution in [-0.2, 0) is 0 Å². The number of hydrogen-bond acceptors (Lipinski definition) is 3. The first-order chi connectivity index (χ1) is 5.26. The van der Waals surface area contributed by atoms with Crippen LogP contribution in [-0.4, -0.2) is 49.0 Å². The minimum absolute atomic E-state index is 0.451. The predicted octanol–water partition coefficient (Wildman–Crippen LogP) is -0.793. The lowest BCUT2D eigenvalue weighted by molar-refractivity contribution is 0.0329. The van der Waals surface area contributed by atoms with E-state index >= 15 is 0 Å². The number of β-amino-alcohol motifs (C(OH)–C–C–N with tert-alkyl or cyclic N) is 1. The van der Waals surface area contributed by atoms with Gasteiger partial charge in [0.2, 0.25) is 0 Å². The van der Waals surface area contributed by atoms with E-state index in [4.69, 9.17) is 10.8 Å². The van der Waals surface area contributed by atoms with Crippen LogP contribution in [0.4, 0.5) is 4.39 Å². The van der Waals surface area contributed by atoms with E-state index in [1.54, 1.807) is 0 Å². The van der Waals surface area contributed by atoms with Gasteiger partial charge in [-0.2, -0.15) is 0 Å². The van der Waals surface area contributed by atoms with Gasteiger partial charge in [0.25, 0.3) is 0 Å². The molecular weight excluding hydrogens is 147 g/mol. The van der Waals surface area contributed by atoms with Crippen molar-refractivity contribution in [1.82, 2.24) is 4.90 Å². The van der Waals surface area contributed by atoms with E-state index in [1.165, 1.54) is 0 Å². The molecule has 1 aliphatic heterocycles. The fourth-order valence-corrected chi connectivity index (χ4v) is 1.32. The van der Waals surface area contributed by atoms with Gasteiger partial charge in [0.15, 0.2) is 0 Å². The Labute approximate surface area is 66.0 Å². The number of nitrogens with zero attached hydrogens (tertiary/aromatic N) is 1. The van der Waals surface area contributed by atoms with Crippen LogP contribution < -0.4 is 5.73 Å². The van der Waals surface area contributed by atoms with Crippen LogP contribution in [0, 0.1) is 5.92 Å². The number of halogens is 1. The lowest BCUT2D eigenvalue weighted by Crippen LogP contribution is -2.52. The molecule has 1 atom stereocenters. The third-order valence-electron chi connectivity index (χ3n) is 2.01. The molecule has 4 heteroatoms. The van der Waals surface area contributed by atoms with Gasteiger partial charge < -0.3 is 10.8 Å². The summed E-state index contributed by atoms with van der Waals surface area (Å²) in [6.45, 7) is 2.32. The van der Waals surface area contributed by atoms with E-state index in [1.807, 2.05) is 4.90 Å². The van der Waals surface area contributed by atoms with Crippen molar-refractivity contribution in [3.8, 4) is 0 Å². The summed E-state index contributed by atoms with van der Waals surface area (Å²) in [6.07, 6.45) is -0.811. The van der Waals surface area contributed by atoms with Crippen LogP contribution in [0.3, 0.4) is 0 Å². The van der Waals surface area contributed by atoms with Gasteiger partial charge in [-0.05, 0) is 12.5 Å². The van der Waals surface area contributed by atoms with Crippen LogP contribution in [0.2, 0.25) is 0 Å². The van der Waals surface area contributed by atoms with Gasteiger partial charge >= 0.3 is 0 Å². The van der Waals surface area contributed by atoms with E-state index in [9.17, 15) is 4.39 Å². The molecular formula is C7H15FN2O. The molecule has 0 bridgehead atoms. The summed E-state index contributed by atoms with van der Waals surface area (Å²) in [5.41, 5.74) is 5.40. The fraction of sp³-hybridized carbons (Fsp3) is 1.00. The third kappa shape index (κ3) is 2.39. The smallest absolute Gasteiger partial charge is 0.117 e. The van der Waals surface area contributed by atoms with Gasteiger partial charge in [-0.1, -0.05) is 0 Å². The molecule has 0 aromatic rings. The van der Waals surface area contributed by atoms with Crippen LogP contribution >= 0.6 is 0 Å². The second kappa shape index (κ2) is 3.99. The summed E-state index contributed by atoms with van der Waals surface area (Å²) < 4.78 is 11.8. The van der Waals surface area contributed by atoms with Gasteiger partial charge in [-0.15, -0.1) is 0 Å². The molecule has 1 aliphatic rings. The summed E-state index contributed by atoms with van der Waals surface area (Å²) in [5, 5.41) is 8.90. The number of hydrogen-bond donors (Lipinski definition) is 2. The summed E-state index contributed by atoms with van der Waals surface area (Å²) in [4.78, 5) is 2.02. The topological polar surface area (TPSA) is 49.5 Å². The highest BCUT2D eigenvalue weighted by Crippen LogP contribution is 2.13. The quantitative estimate of drug-likeness (QED) is 0.569. The Kier molecular flexibility index (Phi) is 3.23. The molecule has 0 aliphatic carbocycles. The van der Waals surface area contributed by atoms with Gasteiger partial charge in [0.05, 0.1) is 6.10 Å². The second-order valence-corrected chi connectivity index (χ2v) is 3.13. The molecule has 0 spiro atoms. The Morgan fingerprint density at radius 3 is 2.73 bits per heavy atom. The second-order valence-electron chi connectivity index (χ2n) is 3.13. The molecule has 66 valence electrons. The normalized spacial score (nSPS) is 23.2.